The molecule has 13 aromatic carbocycles. The zero-order chi connectivity index (χ0) is 78.5. The lowest BCUT2D eigenvalue weighted by Crippen LogP contribution is -2.21. The summed E-state index contributed by atoms with van der Waals surface area (Å²) in [6.45, 7) is -0.852. The molecule has 0 fully saturated rings. The van der Waals surface area contributed by atoms with Gasteiger partial charge in [0.25, 0.3) is 0 Å². The van der Waals surface area contributed by atoms with E-state index in [1.807, 2.05) is 182 Å². The number of ether oxygens (including phenoxy) is 6. The molecule has 0 aromatic heterocycles. The minimum atomic E-state index is -0.207. The first-order chi connectivity index (χ1) is 56.0. The van der Waals surface area contributed by atoms with Gasteiger partial charge in [0.1, 0.15) is 74.1 Å². The van der Waals surface area contributed by atoms with Crippen LogP contribution in [0.3, 0.4) is 0 Å². The van der Waals surface area contributed by atoms with Gasteiger partial charge < -0.3 is 28.4 Å². The molecule has 13 rings (SSSR count). The molecule has 558 valence electrons. The summed E-state index contributed by atoms with van der Waals surface area (Å²) in [7, 11) is 0. The van der Waals surface area contributed by atoms with E-state index in [4.69, 9.17) is 28.4 Å². The lowest BCUT2D eigenvalue weighted by Gasteiger charge is -2.28. The lowest BCUT2D eigenvalue weighted by molar-refractivity contribution is 0.103. The molecule has 13 aromatic rings. The Balaban J connectivity index is 0.940. The van der Waals surface area contributed by atoms with Crippen LogP contribution in [-0.4, -0.2) is 34.7 Å². The maximum atomic E-state index is 13.7. The second-order valence-corrected chi connectivity index (χ2v) is 26.4. The van der Waals surface area contributed by atoms with Gasteiger partial charge in [-0.1, -0.05) is 218 Å². The summed E-state index contributed by atoms with van der Waals surface area (Å²) < 4.78 is 41.6. The highest BCUT2D eigenvalue weighted by atomic mass is 16.5. The third kappa shape index (κ3) is 22.2. The summed E-state index contributed by atoms with van der Waals surface area (Å²) >= 11 is 0. The minimum Gasteiger partial charge on any atom is -0.489 e. The number of allylic oxidation sites excluding steroid dienone is 6. The van der Waals surface area contributed by atoms with Crippen LogP contribution in [0.4, 0.5) is 0 Å². The summed E-state index contributed by atoms with van der Waals surface area (Å²) in [5, 5.41) is 0. The molecule has 0 radical (unpaired) electrons. The van der Waals surface area contributed by atoms with Crippen LogP contribution < -0.4 is 28.4 Å². The molecule has 0 aliphatic carbocycles. The van der Waals surface area contributed by atoms with Crippen LogP contribution in [-0.2, 0) is 39.6 Å². The molecule has 0 saturated carbocycles. The fourth-order valence-corrected chi connectivity index (χ4v) is 12.4. The van der Waals surface area contributed by atoms with Crippen molar-refractivity contribution < 1.29 is 57.2 Å². The van der Waals surface area contributed by atoms with Gasteiger partial charge >= 0.3 is 0 Å². The Labute approximate surface area is 662 Å². The molecular formula is C102H78O12. The second-order valence-electron chi connectivity index (χ2n) is 26.4. The van der Waals surface area contributed by atoms with Gasteiger partial charge in [0, 0.05) is 66.8 Å². The third-order valence-corrected chi connectivity index (χ3v) is 18.7. The Morgan fingerprint density at radius 3 is 0.412 bits per heavy atom. The van der Waals surface area contributed by atoms with E-state index in [-0.39, 0.29) is 74.3 Å². The van der Waals surface area contributed by atoms with Crippen LogP contribution in [0.25, 0.3) is 36.5 Å². The van der Waals surface area contributed by atoms with Crippen molar-refractivity contribution in [2.75, 3.05) is 0 Å². The van der Waals surface area contributed by atoms with E-state index >= 15 is 0 Å². The Bertz CT molecular complexity index is 4690. The van der Waals surface area contributed by atoms with Gasteiger partial charge in [-0.05, 0) is 215 Å². The average molecular weight is 1500 g/mol. The molecule has 0 heterocycles. The highest BCUT2D eigenvalue weighted by Crippen LogP contribution is 2.36. The van der Waals surface area contributed by atoms with Gasteiger partial charge in [0.2, 0.25) is 0 Å². The normalized spacial score (nSPS) is 11.4. The summed E-state index contributed by atoms with van der Waals surface area (Å²) in [6, 6.07) is 98.6. The van der Waals surface area contributed by atoms with Crippen molar-refractivity contribution in [1.82, 2.24) is 0 Å². The maximum absolute atomic E-state index is 13.7. The number of hydrogen-bond donors (Lipinski definition) is 0. The molecule has 0 unspecified atom stereocenters. The molecule has 0 atom stereocenters. The zero-order valence-corrected chi connectivity index (χ0v) is 62.2. The van der Waals surface area contributed by atoms with Crippen LogP contribution in [0.5, 0.6) is 34.5 Å². The van der Waals surface area contributed by atoms with Gasteiger partial charge in [0.05, 0.1) is 0 Å². The molecule has 0 spiro atoms. The van der Waals surface area contributed by atoms with Gasteiger partial charge in [-0.2, -0.15) is 0 Å². The number of carbonyl (C=O) groups is 6. The number of carbonyl (C=O) groups excluding carboxylic acids is 6. The quantitative estimate of drug-likeness (QED) is 0.0271. The molecule has 12 nitrogen and oxygen atoms in total. The predicted octanol–water partition coefficient (Wildman–Crippen LogP) is 22.5. The molecular weight excluding hydrogens is 1420 g/mol. The van der Waals surface area contributed by atoms with Crippen molar-refractivity contribution in [3.63, 3.8) is 0 Å². The highest BCUT2D eigenvalue weighted by molar-refractivity contribution is 6.10. The Morgan fingerprint density at radius 2 is 0.289 bits per heavy atom. The van der Waals surface area contributed by atoms with Crippen LogP contribution in [0.15, 0.2) is 364 Å². The van der Waals surface area contributed by atoms with Gasteiger partial charge in [-0.25, -0.2) is 0 Å². The van der Waals surface area contributed by atoms with Gasteiger partial charge in [-0.15, -0.1) is 0 Å². The topological polar surface area (TPSA) is 158 Å². The molecule has 0 saturated heterocycles. The number of benzene rings is 13. The number of hydrogen-bond acceptors (Lipinski definition) is 12. The first kappa shape index (κ1) is 77.3. The molecule has 0 aliphatic heterocycles. The smallest absolute Gasteiger partial charge is 0.185 e. The van der Waals surface area contributed by atoms with Crippen LogP contribution >= 0.6 is 0 Å². The summed E-state index contributed by atoms with van der Waals surface area (Å²) in [4.78, 5) is 82.2. The van der Waals surface area contributed by atoms with E-state index in [2.05, 4.69) is 0 Å². The molecule has 0 bridgehead atoms. The van der Waals surface area contributed by atoms with Crippen LogP contribution in [0, 0.1) is 0 Å². The molecule has 0 N–H and O–H groups in total. The van der Waals surface area contributed by atoms with Crippen molar-refractivity contribution in [3.8, 4) is 34.5 Å². The SMILES string of the molecule is O=C(/C=C/c1ccccc1)c1ccc(OCc2c(COc3ccc(C(=O)/C=C/c4ccccc4)cc3)c(COc3ccc(C(=O)/C=C/c4ccccc4)cc3)c(COc3ccc(C(=O)/C=C/c4ccccc4)cc3)c(COc3ccc(C(=O)/C=C/c4ccccc4)cc3)c2COc2ccc(C(=O)/C=C/c3ccccc3)cc2)cc1. The average Bonchev–Trinajstić information content (AvgIpc) is 0.760. The predicted molar refractivity (Wildman–Crippen MR) is 450 cm³/mol. The zero-order valence-electron chi connectivity index (χ0n) is 62.2. The minimum absolute atomic E-state index is 0.142. The standard InChI is InChI=1S/C102H78O12/c103-97(61-31-73-19-7-1-8-20-73)79-37-49-85(50-38-79)109-67-91-92(68-110-86-51-39-80(40-52-86)98(104)62-32-74-21-9-2-10-22-74)94(70-112-88-55-43-82(44-56-88)100(106)64-34-76-25-13-4-14-26-76)96(72-114-90-59-47-84(48-60-90)102(108)66-36-78-29-17-6-18-30-78)95(71-113-89-57-45-83(46-58-89)101(107)65-35-77-27-15-5-16-28-77)93(91)69-111-87-53-41-81(42-54-87)99(105)63-33-75-23-11-3-12-24-75/h1-66H,67-72H2/b61-31+,62-32+,63-33+,64-34+,65-35+,66-36+. The summed E-state index contributed by atoms with van der Waals surface area (Å²) in [5.41, 5.74) is 11.4. The summed E-state index contributed by atoms with van der Waals surface area (Å²) in [5.74, 6) is 1.27. The fourth-order valence-electron chi connectivity index (χ4n) is 12.4. The van der Waals surface area contributed by atoms with Crippen molar-refractivity contribution in [2.24, 2.45) is 0 Å². The lowest BCUT2D eigenvalue weighted by atomic mass is 9.87. The third-order valence-electron chi connectivity index (χ3n) is 18.7. The van der Waals surface area contributed by atoms with Crippen molar-refractivity contribution in [1.29, 1.82) is 0 Å². The van der Waals surface area contributed by atoms with Crippen molar-refractivity contribution in [3.05, 3.63) is 464 Å². The molecule has 0 aliphatic rings. The van der Waals surface area contributed by atoms with Crippen molar-refractivity contribution >= 4 is 71.2 Å². The van der Waals surface area contributed by atoms with Gasteiger partial charge in [-0.3, -0.25) is 28.8 Å². The second kappa shape index (κ2) is 39.5. The largest absolute Gasteiger partial charge is 0.489 e. The first-order valence-electron chi connectivity index (χ1n) is 37.2. The first-order valence-corrected chi connectivity index (χ1v) is 37.2. The molecule has 0 amide bonds. The summed E-state index contributed by atoms with van der Waals surface area (Å²) in [6.07, 6.45) is 19.8. The van der Waals surface area contributed by atoms with Gasteiger partial charge in [0.15, 0.2) is 34.7 Å². The Morgan fingerprint density at radius 1 is 0.167 bits per heavy atom. The van der Waals surface area contributed by atoms with E-state index in [0.29, 0.717) is 101 Å². The Hall–Kier alpha value is -14.9. The van der Waals surface area contributed by atoms with E-state index in [1.165, 1.54) is 36.5 Å². The monoisotopic (exact) mass is 1490 g/mol. The molecule has 114 heavy (non-hydrogen) atoms. The van der Waals surface area contributed by atoms with E-state index in [1.54, 1.807) is 182 Å². The van der Waals surface area contributed by atoms with E-state index in [9.17, 15) is 28.8 Å². The Kier molecular flexibility index (Phi) is 26.8. The highest BCUT2D eigenvalue weighted by Gasteiger charge is 2.28. The van der Waals surface area contributed by atoms with E-state index < -0.39 is 0 Å². The number of rotatable bonds is 36. The molecule has 12 heteroatoms. The van der Waals surface area contributed by atoms with Crippen LogP contribution in [0.1, 0.15) is 129 Å². The fraction of sp³-hybridized carbons (Fsp3) is 0.0588. The maximum Gasteiger partial charge on any atom is 0.185 e. The van der Waals surface area contributed by atoms with Crippen molar-refractivity contribution in [2.45, 2.75) is 39.6 Å². The van der Waals surface area contributed by atoms with E-state index in [0.717, 1.165) is 33.4 Å². The number of ketones is 6. The van der Waals surface area contributed by atoms with Crippen LogP contribution in [0.2, 0.25) is 0 Å².